The Morgan fingerprint density at radius 2 is 2.10 bits per heavy atom. The highest BCUT2D eigenvalue weighted by Gasteiger charge is 2.35. The molecule has 1 N–H and O–H groups in total. The maximum Gasteiger partial charge on any atom is 0.326 e. The van der Waals surface area contributed by atoms with Gasteiger partial charge in [0.2, 0.25) is 0 Å². The van der Waals surface area contributed by atoms with Gasteiger partial charge in [0.25, 0.3) is 0 Å². The van der Waals surface area contributed by atoms with Gasteiger partial charge in [0.1, 0.15) is 6.04 Å². The second-order valence-corrected chi connectivity index (χ2v) is 5.06. The van der Waals surface area contributed by atoms with E-state index in [1.165, 1.54) is 4.90 Å². The lowest BCUT2D eigenvalue weighted by atomic mass is 9.94. The molecule has 5 nitrogen and oxygen atoms in total. The normalized spacial score (nSPS) is 17.0. The Morgan fingerprint density at radius 3 is 2.67 bits per heavy atom. The molecule has 0 aromatic heterocycles. The molecule has 1 atom stereocenters. The van der Waals surface area contributed by atoms with Crippen LogP contribution in [0.1, 0.15) is 18.1 Å². The van der Waals surface area contributed by atoms with Gasteiger partial charge in [0, 0.05) is 26.1 Å². The van der Waals surface area contributed by atoms with E-state index in [2.05, 4.69) is 6.58 Å². The molecule has 112 valence electrons. The van der Waals surface area contributed by atoms with Crippen LogP contribution in [-0.4, -0.2) is 46.0 Å². The third-order valence-corrected chi connectivity index (χ3v) is 3.78. The van der Waals surface area contributed by atoms with E-state index >= 15 is 0 Å². The van der Waals surface area contributed by atoms with E-state index in [0.717, 1.165) is 11.1 Å². The van der Waals surface area contributed by atoms with Crippen LogP contribution in [0, 0.1) is 0 Å². The number of rotatable bonds is 4. The van der Waals surface area contributed by atoms with Crippen LogP contribution >= 0.6 is 0 Å². The van der Waals surface area contributed by atoms with Crippen molar-refractivity contribution in [2.75, 3.05) is 13.1 Å². The molecule has 1 heterocycles. The number of carbonyl (C=O) groups excluding carboxylic acids is 1. The zero-order valence-electron chi connectivity index (χ0n) is 12.2. The monoisotopic (exact) mass is 288 g/mol. The average Bonchev–Trinajstić information content (AvgIpc) is 2.50. The molecule has 2 rings (SSSR count). The van der Waals surface area contributed by atoms with Gasteiger partial charge in [-0.2, -0.15) is 0 Å². The highest BCUT2D eigenvalue weighted by atomic mass is 16.4. The number of carbonyl (C=O) groups is 2. The number of aliphatic carboxylic acids is 1. The number of hydrogen-bond acceptors (Lipinski definition) is 2. The summed E-state index contributed by atoms with van der Waals surface area (Å²) < 4.78 is 0. The Labute approximate surface area is 124 Å². The summed E-state index contributed by atoms with van der Waals surface area (Å²) in [7, 11) is 0. The number of urea groups is 1. The first-order chi connectivity index (χ1) is 10.1. The summed E-state index contributed by atoms with van der Waals surface area (Å²) in [5.74, 6) is -0.965. The van der Waals surface area contributed by atoms with Crippen molar-refractivity contribution in [2.24, 2.45) is 0 Å². The van der Waals surface area contributed by atoms with Crippen LogP contribution < -0.4 is 0 Å². The van der Waals surface area contributed by atoms with Gasteiger partial charge in [0.15, 0.2) is 0 Å². The predicted molar refractivity (Wildman–Crippen MR) is 80.0 cm³/mol. The van der Waals surface area contributed by atoms with Gasteiger partial charge in [-0.1, -0.05) is 30.3 Å². The fourth-order valence-corrected chi connectivity index (χ4v) is 2.62. The van der Waals surface area contributed by atoms with Gasteiger partial charge >= 0.3 is 12.0 Å². The Balaban J connectivity index is 2.30. The maximum atomic E-state index is 12.6. The number of hydrogen-bond donors (Lipinski definition) is 1. The summed E-state index contributed by atoms with van der Waals surface area (Å²) in [6.07, 6.45) is 2.00. The summed E-state index contributed by atoms with van der Waals surface area (Å²) in [5, 5.41) is 9.43. The molecule has 1 aliphatic heterocycles. The van der Waals surface area contributed by atoms with Crippen LogP contribution in [0.15, 0.2) is 36.9 Å². The molecule has 0 aliphatic carbocycles. The van der Waals surface area contributed by atoms with E-state index in [1.54, 1.807) is 11.0 Å². The molecule has 21 heavy (non-hydrogen) atoms. The van der Waals surface area contributed by atoms with Crippen LogP contribution in [0.3, 0.4) is 0 Å². The smallest absolute Gasteiger partial charge is 0.326 e. The summed E-state index contributed by atoms with van der Waals surface area (Å²) in [5.41, 5.74) is 2.01. The van der Waals surface area contributed by atoms with Crippen molar-refractivity contribution in [3.8, 4) is 0 Å². The molecule has 0 radical (unpaired) electrons. The number of likely N-dealkylation sites (N-methyl/N-ethyl adjacent to an activating group) is 1. The minimum Gasteiger partial charge on any atom is -0.480 e. The molecule has 2 amide bonds. The maximum absolute atomic E-state index is 12.6. The lowest BCUT2D eigenvalue weighted by molar-refractivity contribution is -0.142. The number of fused-ring (bicyclic) bond motifs is 1. The van der Waals surface area contributed by atoms with Crippen molar-refractivity contribution in [1.29, 1.82) is 0 Å². The molecule has 0 saturated heterocycles. The molecular formula is C16H20N2O3. The fraction of sp³-hybridized carbons (Fsp3) is 0.375. The highest BCUT2D eigenvalue weighted by molar-refractivity contribution is 5.83. The lowest BCUT2D eigenvalue weighted by Gasteiger charge is -2.37. The Hall–Kier alpha value is -2.30. The van der Waals surface area contributed by atoms with Gasteiger partial charge in [0.05, 0.1) is 0 Å². The molecule has 0 unspecified atom stereocenters. The Morgan fingerprint density at radius 1 is 1.43 bits per heavy atom. The topological polar surface area (TPSA) is 60.9 Å². The minimum atomic E-state index is -0.965. The minimum absolute atomic E-state index is 0.251. The number of benzene rings is 1. The number of nitrogens with zero attached hydrogens (tertiary/aromatic N) is 2. The summed E-state index contributed by atoms with van der Waals surface area (Å²) >= 11 is 0. The first kappa shape index (κ1) is 15.1. The molecule has 1 aliphatic rings. The van der Waals surface area contributed by atoms with Gasteiger partial charge in [-0.3, -0.25) is 0 Å². The Bertz CT molecular complexity index is 556. The highest BCUT2D eigenvalue weighted by Crippen LogP contribution is 2.24. The molecular weight excluding hydrogens is 268 g/mol. The first-order valence-corrected chi connectivity index (χ1v) is 7.04. The SMILES string of the molecule is C=CCN(CC)C(=O)N1Cc2ccccc2C[C@@H]1C(=O)O. The number of carboxylic acids is 1. The molecule has 0 fully saturated rings. The quantitative estimate of drug-likeness (QED) is 0.863. The van der Waals surface area contributed by atoms with Crippen molar-refractivity contribution < 1.29 is 14.7 Å². The van der Waals surface area contributed by atoms with E-state index in [-0.39, 0.29) is 6.03 Å². The zero-order valence-corrected chi connectivity index (χ0v) is 12.2. The van der Waals surface area contributed by atoms with E-state index in [9.17, 15) is 14.7 Å². The fourth-order valence-electron chi connectivity index (χ4n) is 2.62. The van der Waals surface area contributed by atoms with E-state index in [0.29, 0.717) is 26.1 Å². The third-order valence-electron chi connectivity index (χ3n) is 3.78. The standard InChI is InChI=1S/C16H20N2O3/c1-3-9-17(4-2)16(21)18-11-13-8-6-5-7-12(13)10-14(18)15(19)20/h3,5-8,14H,1,4,9-11H2,2H3,(H,19,20)/t14-/m1/s1. The van der Waals surface area contributed by atoms with Crippen LogP contribution in [-0.2, 0) is 17.8 Å². The van der Waals surface area contributed by atoms with Crippen LogP contribution in [0.5, 0.6) is 0 Å². The van der Waals surface area contributed by atoms with Gasteiger partial charge in [-0.25, -0.2) is 9.59 Å². The Kier molecular flexibility index (Phi) is 4.62. The molecule has 5 heteroatoms. The second-order valence-electron chi connectivity index (χ2n) is 5.06. The average molecular weight is 288 g/mol. The molecule has 1 aromatic rings. The van der Waals surface area contributed by atoms with Crippen LogP contribution in [0.2, 0.25) is 0 Å². The summed E-state index contributed by atoms with van der Waals surface area (Å²) in [6, 6.07) is 6.60. The molecule has 0 saturated carbocycles. The largest absolute Gasteiger partial charge is 0.480 e. The van der Waals surface area contributed by atoms with Gasteiger partial charge < -0.3 is 14.9 Å². The summed E-state index contributed by atoms with van der Waals surface area (Å²) in [6.45, 7) is 6.78. The van der Waals surface area contributed by atoms with E-state index in [1.807, 2.05) is 31.2 Å². The van der Waals surface area contributed by atoms with Crippen molar-refractivity contribution in [1.82, 2.24) is 9.80 Å². The lowest BCUT2D eigenvalue weighted by Crippen LogP contribution is -2.53. The van der Waals surface area contributed by atoms with Crippen LogP contribution in [0.4, 0.5) is 4.79 Å². The predicted octanol–water partition coefficient (Wildman–Crippen LogP) is 2.13. The van der Waals surface area contributed by atoms with Crippen LogP contribution in [0.25, 0.3) is 0 Å². The number of amides is 2. The third kappa shape index (κ3) is 3.07. The molecule has 0 bridgehead atoms. The number of carboxylic acid groups (broad SMARTS) is 1. The van der Waals surface area contributed by atoms with Gasteiger partial charge in [-0.05, 0) is 18.1 Å². The second kappa shape index (κ2) is 6.43. The summed E-state index contributed by atoms with van der Waals surface area (Å²) in [4.78, 5) is 27.1. The van der Waals surface area contributed by atoms with Crippen molar-refractivity contribution in [3.05, 3.63) is 48.0 Å². The van der Waals surface area contributed by atoms with Crippen molar-refractivity contribution >= 4 is 12.0 Å². The zero-order chi connectivity index (χ0) is 15.4. The van der Waals surface area contributed by atoms with Crippen molar-refractivity contribution in [3.63, 3.8) is 0 Å². The van der Waals surface area contributed by atoms with Crippen molar-refractivity contribution in [2.45, 2.75) is 25.9 Å². The van der Waals surface area contributed by atoms with E-state index < -0.39 is 12.0 Å². The van der Waals surface area contributed by atoms with Gasteiger partial charge in [-0.15, -0.1) is 6.58 Å². The molecule has 0 spiro atoms. The molecule has 1 aromatic carbocycles. The van der Waals surface area contributed by atoms with E-state index in [4.69, 9.17) is 0 Å². The first-order valence-electron chi connectivity index (χ1n) is 7.04.